The Hall–Kier alpha value is -0.740. The van der Waals surface area contributed by atoms with Crippen LogP contribution in [-0.4, -0.2) is 40.8 Å². The van der Waals surface area contributed by atoms with Crippen molar-refractivity contribution in [3.8, 4) is 0 Å². The van der Waals surface area contributed by atoms with Crippen molar-refractivity contribution in [2.24, 2.45) is 5.92 Å². The van der Waals surface area contributed by atoms with E-state index in [1.807, 2.05) is 0 Å². The van der Waals surface area contributed by atoms with E-state index in [1.54, 1.807) is 24.3 Å². The molecule has 0 aromatic heterocycles. The Kier molecular flexibility index (Phi) is 6.01. The lowest BCUT2D eigenvalue weighted by molar-refractivity contribution is 0.267. The maximum absolute atomic E-state index is 12.8. The Bertz CT molecular complexity index is 778. The van der Waals surface area contributed by atoms with Crippen LogP contribution in [0.25, 0.3) is 0 Å². The van der Waals surface area contributed by atoms with Gasteiger partial charge in [-0.15, -0.1) is 0 Å². The number of nitrogens with zero attached hydrogens (tertiary/aromatic N) is 1. The smallest absolute Gasteiger partial charge is 0.211 e. The Labute approximate surface area is 145 Å². The van der Waals surface area contributed by atoms with Crippen LogP contribution < -0.4 is 4.72 Å². The molecule has 2 rings (SSSR count). The monoisotopic (exact) mass is 422 g/mol. The molecule has 1 atom stereocenters. The molecule has 1 saturated heterocycles. The highest BCUT2D eigenvalue weighted by molar-refractivity contribution is 9.10. The van der Waals surface area contributed by atoms with Crippen molar-refractivity contribution >= 4 is 36.0 Å². The molecule has 128 valence electrons. The standard InChI is InChI=1S/C14H19BrN2O4S2/c1-2-22(18,19)16-10-12-6-5-9-17(11-12)23(20,21)14-8-4-3-7-13(14)15/h2-4,7-8,12,16H,1,5-6,9-11H2/t12-/m1/s1. The summed E-state index contributed by atoms with van der Waals surface area (Å²) in [6, 6.07) is 6.68. The predicted molar refractivity (Wildman–Crippen MR) is 92.7 cm³/mol. The van der Waals surface area contributed by atoms with Crippen LogP contribution in [0.5, 0.6) is 0 Å². The number of rotatable bonds is 6. The van der Waals surface area contributed by atoms with E-state index in [0.717, 1.165) is 11.8 Å². The van der Waals surface area contributed by atoms with Crippen molar-refractivity contribution in [3.63, 3.8) is 0 Å². The van der Waals surface area contributed by atoms with Crippen LogP contribution >= 0.6 is 15.9 Å². The molecule has 1 aromatic rings. The van der Waals surface area contributed by atoms with Gasteiger partial charge in [-0.25, -0.2) is 21.6 Å². The summed E-state index contributed by atoms with van der Waals surface area (Å²) in [6.45, 7) is 4.18. The number of hydrogen-bond donors (Lipinski definition) is 1. The summed E-state index contributed by atoms with van der Waals surface area (Å²) < 4.78 is 52.7. The van der Waals surface area contributed by atoms with Crippen LogP contribution in [0.4, 0.5) is 0 Å². The molecule has 9 heteroatoms. The fraction of sp³-hybridized carbons (Fsp3) is 0.429. The van der Waals surface area contributed by atoms with E-state index in [0.29, 0.717) is 24.0 Å². The fourth-order valence-electron chi connectivity index (χ4n) is 2.50. The summed E-state index contributed by atoms with van der Waals surface area (Å²) in [5.74, 6) is -0.0595. The number of benzene rings is 1. The van der Waals surface area contributed by atoms with Crippen LogP contribution in [0.3, 0.4) is 0 Å². The molecule has 0 unspecified atom stereocenters. The topological polar surface area (TPSA) is 83.6 Å². The van der Waals surface area contributed by atoms with Gasteiger partial charge in [-0.1, -0.05) is 18.7 Å². The summed E-state index contributed by atoms with van der Waals surface area (Å²) in [4.78, 5) is 0.229. The molecular formula is C14H19BrN2O4S2. The lowest BCUT2D eigenvalue weighted by Gasteiger charge is -2.32. The van der Waals surface area contributed by atoms with Gasteiger partial charge in [-0.3, -0.25) is 0 Å². The molecule has 0 radical (unpaired) electrons. The van der Waals surface area contributed by atoms with E-state index in [-0.39, 0.29) is 17.4 Å². The first-order chi connectivity index (χ1) is 10.8. The Morgan fingerprint density at radius 3 is 2.65 bits per heavy atom. The van der Waals surface area contributed by atoms with Crippen molar-refractivity contribution in [2.75, 3.05) is 19.6 Å². The van der Waals surface area contributed by atoms with Gasteiger partial charge in [-0.05, 0) is 46.8 Å². The second kappa shape index (κ2) is 7.43. The zero-order valence-electron chi connectivity index (χ0n) is 12.5. The van der Waals surface area contributed by atoms with Crippen LogP contribution in [-0.2, 0) is 20.0 Å². The van der Waals surface area contributed by atoms with Gasteiger partial charge in [0.1, 0.15) is 0 Å². The zero-order valence-corrected chi connectivity index (χ0v) is 15.7. The van der Waals surface area contributed by atoms with Crippen LogP contribution in [0.2, 0.25) is 0 Å². The lowest BCUT2D eigenvalue weighted by atomic mass is 10.0. The first kappa shape index (κ1) is 18.6. The Morgan fingerprint density at radius 1 is 1.30 bits per heavy atom. The van der Waals surface area contributed by atoms with Gasteiger partial charge >= 0.3 is 0 Å². The van der Waals surface area contributed by atoms with E-state index in [4.69, 9.17) is 0 Å². The number of halogens is 1. The van der Waals surface area contributed by atoms with Gasteiger partial charge in [-0.2, -0.15) is 4.31 Å². The largest absolute Gasteiger partial charge is 0.244 e. The maximum Gasteiger partial charge on any atom is 0.244 e. The van der Waals surface area contributed by atoms with Gasteiger partial charge < -0.3 is 0 Å². The minimum atomic E-state index is -3.60. The van der Waals surface area contributed by atoms with Gasteiger partial charge in [0.25, 0.3) is 0 Å². The van der Waals surface area contributed by atoms with Crippen LogP contribution in [0, 0.1) is 5.92 Å². The van der Waals surface area contributed by atoms with E-state index in [1.165, 1.54) is 4.31 Å². The molecule has 0 spiro atoms. The quantitative estimate of drug-likeness (QED) is 0.758. The highest BCUT2D eigenvalue weighted by Gasteiger charge is 2.31. The summed E-state index contributed by atoms with van der Waals surface area (Å²) in [5, 5.41) is 0.853. The fourth-order valence-corrected chi connectivity index (χ4v) is 5.60. The minimum Gasteiger partial charge on any atom is -0.211 e. The highest BCUT2D eigenvalue weighted by Crippen LogP contribution is 2.28. The summed E-state index contributed by atoms with van der Waals surface area (Å²) in [5.41, 5.74) is 0. The SMILES string of the molecule is C=CS(=O)(=O)NC[C@H]1CCCN(S(=O)(=O)c2ccccc2Br)C1. The normalized spacial score (nSPS) is 20.3. The average Bonchev–Trinajstić information content (AvgIpc) is 2.53. The second-order valence-corrected chi connectivity index (χ2v) is 9.83. The van der Waals surface area contributed by atoms with Gasteiger partial charge in [0.15, 0.2) is 0 Å². The molecular weight excluding hydrogens is 404 g/mol. The number of nitrogens with one attached hydrogen (secondary N) is 1. The van der Waals surface area contributed by atoms with E-state index in [2.05, 4.69) is 27.2 Å². The van der Waals surface area contributed by atoms with Crippen molar-refractivity contribution in [1.82, 2.24) is 9.03 Å². The predicted octanol–water partition coefficient (Wildman–Crippen LogP) is 1.91. The third kappa shape index (κ3) is 4.63. The molecule has 0 bridgehead atoms. The van der Waals surface area contributed by atoms with Crippen molar-refractivity contribution in [1.29, 1.82) is 0 Å². The number of hydrogen-bond acceptors (Lipinski definition) is 4. The molecule has 1 aliphatic heterocycles. The van der Waals surface area contributed by atoms with E-state index in [9.17, 15) is 16.8 Å². The Morgan fingerprint density at radius 2 is 2.00 bits per heavy atom. The van der Waals surface area contributed by atoms with Crippen molar-refractivity contribution < 1.29 is 16.8 Å². The van der Waals surface area contributed by atoms with Gasteiger partial charge in [0.2, 0.25) is 20.0 Å². The molecule has 1 fully saturated rings. The molecule has 0 amide bonds. The minimum absolute atomic E-state index is 0.0595. The molecule has 0 aliphatic carbocycles. The summed E-state index contributed by atoms with van der Waals surface area (Å²) in [7, 11) is -7.09. The Balaban J connectivity index is 2.12. The molecule has 1 aliphatic rings. The summed E-state index contributed by atoms with van der Waals surface area (Å²) in [6.07, 6.45) is 1.48. The van der Waals surface area contributed by atoms with Crippen LogP contribution in [0.1, 0.15) is 12.8 Å². The van der Waals surface area contributed by atoms with Gasteiger partial charge in [0, 0.05) is 29.5 Å². The average molecular weight is 423 g/mol. The maximum atomic E-state index is 12.8. The van der Waals surface area contributed by atoms with Crippen molar-refractivity contribution in [2.45, 2.75) is 17.7 Å². The first-order valence-corrected chi connectivity index (χ1v) is 10.9. The molecule has 1 N–H and O–H groups in total. The molecule has 23 heavy (non-hydrogen) atoms. The van der Waals surface area contributed by atoms with E-state index < -0.39 is 20.0 Å². The highest BCUT2D eigenvalue weighted by atomic mass is 79.9. The van der Waals surface area contributed by atoms with E-state index >= 15 is 0 Å². The molecule has 1 aromatic carbocycles. The molecule has 6 nitrogen and oxygen atoms in total. The van der Waals surface area contributed by atoms with Crippen LogP contribution in [0.15, 0.2) is 45.6 Å². The lowest BCUT2D eigenvalue weighted by Crippen LogP contribution is -2.43. The second-order valence-electron chi connectivity index (χ2n) is 5.36. The summed E-state index contributed by atoms with van der Waals surface area (Å²) >= 11 is 3.27. The third-order valence-corrected chi connectivity index (χ3v) is 7.61. The zero-order chi connectivity index (χ0) is 17.1. The first-order valence-electron chi connectivity index (χ1n) is 7.13. The van der Waals surface area contributed by atoms with Crippen molar-refractivity contribution in [3.05, 3.63) is 40.7 Å². The molecule has 1 heterocycles. The number of piperidine rings is 1. The third-order valence-electron chi connectivity index (χ3n) is 3.73. The molecule has 0 saturated carbocycles. The number of sulfonamides is 2. The van der Waals surface area contributed by atoms with Gasteiger partial charge in [0.05, 0.1) is 4.90 Å².